The van der Waals surface area contributed by atoms with Crippen LogP contribution in [-0.2, 0) is 20.1 Å². The van der Waals surface area contributed by atoms with Gasteiger partial charge in [0.2, 0.25) is 0 Å². The summed E-state index contributed by atoms with van der Waals surface area (Å²) in [6, 6.07) is 7.27. The molecule has 1 fully saturated rings. The number of hydrogen-bond acceptors (Lipinski definition) is 5. The molecular weight excluding hydrogens is 399 g/mol. The standard InChI is InChI=1S/C20H20F3N5O2/c1-26-16(24-9-8-17(26)29)11-27-10-4-7-15(27)18-25-14-6-3-2-5-13(14)19(30)28(18)12-20(21,22)23/h2-3,5-6,8-9,15H,4,7,10-12H2,1H3. The van der Waals surface area contributed by atoms with Gasteiger partial charge < -0.3 is 0 Å². The van der Waals surface area contributed by atoms with Gasteiger partial charge in [0, 0.05) is 19.3 Å². The third-order valence-electron chi connectivity index (χ3n) is 5.39. The van der Waals surface area contributed by atoms with E-state index in [1.165, 1.54) is 22.9 Å². The van der Waals surface area contributed by atoms with Crippen LogP contribution in [0.1, 0.15) is 30.5 Å². The lowest BCUT2D eigenvalue weighted by molar-refractivity contribution is -0.142. The molecule has 1 aliphatic rings. The van der Waals surface area contributed by atoms with Crippen molar-refractivity contribution < 1.29 is 13.2 Å². The Labute approximate surface area is 169 Å². The van der Waals surface area contributed by atoms with Gasteiger partial charge >= 0.3 is 6.18 Å². The van der Waals surface area contributed by atoms with Crippen LogP contribution in [0.25, 0.3) is 10.9 Å². The van der Waals surface area contributed by atoms with Gasteiger partial charge in [-0.25, -0.2) is 9.97 Å². The van der Waals surface area contributed by atoms with E-state index in [1.54, 1.807) is 25.2 Å². The third kappa shape index (κ3) is 3.87. The fourth-order valence-corrected chi connectivity index (χ4v) is 3.92. The van der Waals surface area contributed by atoms with Crippen LogP contribution in [0, 0.1) is 0 Å². The summed E-state index contributed by atoms with van der Waals surface area (Å²) in [4.78, 5) is 35.4. The van der Waals surface area contributed by atoms with Crippen LogP contribution in [0.4, 0.5) is 13.2 Å². The van der Waals surface area contributed by atoms with E-state index < -0.39 is 24.3 Å². The second-order valence-corrected chi connectivity index (χ2v) is 7.38. The molecule has 158 valence electrons. The van der Waals surface area contributed by atoms with E-state index in [9.17, 15) is 22.8 Å². The average molecular weight is 419 g/mol. The Morgan fingerprint density at radius 1 is 1.17 bits per heavy atom. The first-order valence-corrected chi connectivity index (χ1v) is 9.56. The van der Waals surface area contributed by atoms with Gasteiger partial charge in [-0.15, -0.1) is 0 Å². The Morgan fingerprint density at radius 3 is 2.70 bits per heavy atom. The number of fused-ring (bicyclic) bond motifs is 1. The zero-order valence-corrected chi connectivity index (χ0v) is 16.3. The molecule has 2 aromatic heterocycles. The molecule has 0 amide bonds. The van der Waals surface area contributed by atoms with Crippen molar-refractivity contribution in [2.45, 2.75) is 38.1 Å². The molecular formula is C20H20F3N5O2. The van der Waals surface area contributed by atoms with Crippen LogP contribution >= 0.6 is 0 Å². The average Bonchev–Trinajstić information content (AvgIpc) is 3.15. The second-order valence-electron chi connectivity index (χ2n) is 7.38. The number of alkyl halides is 3. The molecule has 1 atom stereocenters. The second kappa shape index (κ2) is 7.67. The number of likely N-dealkylation sites (tertiary alicyclic amines) is 1. The van der Waals surface area contributed by atoms with Gasteiger partial charge in [-0.2, -0.15) is 13.2 Å². The molecule has 30 heavy (non-hydrogen) atoms. The summed E-state index contributed by atoms with van der Waals surface area (Å²) in [5.41, 5.74) is -0.549. The Balaban J connectivity index is 1.80. The van der Waals surface area contributed by atoms with Gasteiger partial charge in [-0.1, -0.05) is 12.1 Å². The van der Waals surface area contributed by atoms with Crippen molar-refractivity contribution in [3.05, 3.63) is 68.9 Å². The minimum atomic E-state index is -4.56. The predicted molar refractivity (Wildman–Crippen MR) is 104 cm³/mol. The molecule has 3 aromatic rings. The van der Waals surface area contributed by atoms with Crippen molar-refractivity contribution in [2.75, 3.05) is 6.54 Å². The normalized spacial score (nSPS) is 17.7. The van der Waals surface area contributed by atoms with Gasteiger partial charge in [0.05, 0.1) is 23.5 Å². The molecule has 1 saturated heterocycles. The number of benzene rings is 1. The third-order valence-corrected chi connectivity index (χ3v) is 5.39. The number of rotatable bonds is 4. The zero-order chi connectivity index (χ0) is 21.5. The van der Waals surface area contributed by atoms with E-state index >= 15 is 0 Å². The van der Waals surface area contributed by atoms with Crippen molar-refractivity contribution in [1.82, 2.24) is 24.0 Å². The molecule has 0 aliphatic carbocycles. The molecule has 1 aliphatic heterocycles. The topological polar surface area (TPSA) is 73.0 Å². The quantitative estimate of drug-likeness (QED) is 0.649. The Bertz CT molecular complexity index is 1200. The fraction of sp³-hybridized carbons (Fsp3) is 0.400. The van der Waals surface area contributed by atoms with Crippen molar-refractivity contribution >= 4 is 10.9 Å². The van der Waals surface area contributed by atoms with E-state index in [0.717, 1.165) is 11.0 Å². The Morgan fingerprint density at radius 2 is 1.93 bits per heavy atom. The minimum absolute atomic E-state index is 0.0921. The molecule has 1 aromatic carbocycles. The van der Waals surface area contributed by atoms with Crippen LogP contribution in [0.5, 0.6) is 0 Å². The number of aromatic nitrogens is 4. The van der Waals surface area contributed by atoms with E-state index in [-0.39, 0.29) is 23.3 Å². The molecule has 0 bridgehead atoms. The van der Waals surface area contributed by atoms with Crippen LogP contribution in [0.2, 0.25) is 0 Å². The zero-order valence-electron chi connectivity index (χ0n) is 16.3. The van der Waals surface area contributed by atoms with Gasteiger partial charge in [0.15, 0.2) is 0 Å². The fourth-order valence-electron chi connectivity index (χ4n) is 3.92. The van der Waals surface area contributed by atoms with Gasteiger partial charge in [0.1, 0.15) is 18.2 Å². The highest BCUT2D eigenvalue weighted by Gasteiger charge is 2.35. The summed E-state index contributed by atoms with van der Waals surface area (Å²) < 4.78 is 42.0. The number of nitrogens with zero attached hydrogens (tertiary/aromatic N) is 5. The summed E-state index contributed by atoms with van der Waals surface area (Å²) in [6.07, 6.45) is -1.85. The molecule has 10 heteroatoms. The summed E-state index contributed by atoms with van der Waals surface area (Å²) >= 11 is 0. The lowest BCUT2D eigenvalue weighted by Crippen LogP contribution is -2.36. The highest BCUT2D eigenvalue weighted by molar-refractivity contribution is 5.77. The molecule has 0 N–H and O–H groups in total. The summed E-state index contributed by atoms with van der Waals surface area (Å²) in [5, 5.41) is 0.155. The molecule has 0 spiro atoms. The van der Waals surface area contributed by atoms with Crippen molar-refractivity contribution in [2.24, 2.45) is 7.05 Å². The Hall–Kier alpha value is -3.01. The van der Waals surface area contributed by atoms with Crippen LogP contribution in [-0.4, -0.2) is 36.7 Å². The van der Waals surface area contributed by atoms with Crippen LogP contribution in [0.3, 0.4) is 0 Å². The smallest absolute Gasteiger partial charge is 0.299 e. The maximum atomic E-state index is 13.3. The first kappa shape index (κ1) is 20.3. The molecule has 4 rings (SSSR count). The summed E-state index contributed by atoms with van der Waals surface area (Å²) in [7, 11) is 1.60. The molecule has 7 nitrogen and oxygen atoms in total. The largest absolute Gasteiger partial charge is 0.406 e. The molecule has 1 unspecified atom stereocenters. The highest BCUT2D eigenvalue weighted by atomic mass is 19.4. The number of para-hydroxylation sites is 1. The molecule has 0 radical (unpaired) electrons. The first-order valence-electron chi connectivity index (χ1n) is 9.56. The van der Waals surface area contributed by atoms with Gasteiger partial charge in [0.25, 0.3) is 11.1 Å². The van der Waals surface area contributed by atoms with Crippen molar-refractivity contribution in [3.63, 3.8) is 0 Å². The maximum absolute atomic E-state index is 13.3. The SMILES string of the molecule is Cn1c(CN2CCCC2c2nc3ccccc3c(=O)n2CC(F)(F)F)nccc1=O. The van der Waals surface area contributed by atoms with Gasteiger partial charge in [-0.3, -0.25) is 23.6 Å². The van der Waals surface area contributed by atoms with Crippen molar-refractivity contribution in [3.8, 4) is 0 Å². The van der Waals surface area contributed by atoms with E-state index in [1.807, 2.05) is 4.90 Å². The number of halogens is 3. The lowest BCUT2D eigenvalue weighted by atomic mass is 10.1. The first-order chi connectivity index (χ1) is 14.2. The monoisotopic (exact) mass is 419 g/mol. The number of hydrogen-bond donors (Lipinski definition) is 0. The van der Waals surface area contributed by atoms with Crippen LogP contribution in [0.15, 0.2) is 46.1 Å². The van der Waals surface area contributed by atoms with E-state index in [2.05, 4.69) is 9.97 Å². The predicted octanol–water partition coefficient (Wildman–Crippen LogP) is 2.39. The Kier molecular flexibility index (Phi) is 5.19. The van der Waals surface area contributed by atoms with E-state index in [0.29, 0.717) is 24.3 Å². The minimum Gasteiger partial charge on any atom is -0.299 e. The van der Waals surface area contributed by atoms with E-state index in [4.69, 9.17) is 0 Å². The van der Waals surface area contributed by atoms with Crippen molar-refractivity contribution in [1.29, 1.82) is 0 Å². The summed E-state index contributed by atoms with van der Waals surface area (Å²) in [6.45, 7) is -0.526. The highest BCUT2D eigenvalue weighted by Crippen LogP contribution is 2.33. The van der Waals surface area contributed by atoms with Gasteiger partial charge in [-0.05, 0) is 31.5 Å². The lowest BCUT2D eigenvalue weighted by Gasteiger charge is -2.27. The maximum Gasteiger partial charge on any atom is 0.406 e. The summed E-state index contributed by atoms with van der Waals surface area (Å²) in [5.74, 6) is 0.592. The molecule has 3 heterocycles. The molecule has 0 saturated carbocycles. The van der Waals surface area contributed by atoms with Crippen LogP contribution < -0.4 is 11.1 Å².